The molecule has 0 bridgehead atoms. The van der Waals surface area contributed by atoms with Gasteiger partial charge >= 0.3 is 6.09 Å². The van der Waals surface area contributed by atoms with E-state index in [0.717, 1.165) is 24.2 Å². The van der Waals surface area contributed by atoms with Crippen LogP contribution in [-0.4, -0.2) is 46.6 Å². The van der Waals surface area contributed by atoms with Gasteiger partial charge in [-0.15, -0.1) is 0 Å². The van der Waals surface area contributed by atoms with Gasteiger partial charge in [-0.1, -0.05) is 11.3 Å². The molecule has 0 spiro atoms. The van der Waals surface area contributed by atoms with Crippen LogP contribution in [0.15, 0.2) is 6.20 Å². The molecule has 0 atom stereocenters. The van der Waals surface area contributed by atoms with Crippen molar-refractivity contribution < 1.29 is 14.7 Å². The highest BCUT2D eigenvalue weighted by Gasteiger charge is 2.22. The van der Waals surface area contributed by atoms with Crippen LogP contribution in [0.4, 0.5) is 9.93 Å². The van der Waals surface area contributed by atoms with E-state index in [2.05, 4.69) is 10.3 Å². The first-order valence-electron chi connectivity index (χ1n) is 6.03. The maximum atomic E-state index is 11.8. The lowest BCUT2D eigenvalue weighted by atomic mass is 9.97. The molecule has 104 valence electrons. The van der Waals surface area contributed by atoms with Crippen LogP contribution in [0.25, 0.3) is 0 Å². The molecular weight excluding hydrogens is 268 g/mol. The molecule has 0 unspecified atom stereocenters. The van der Waals surface area contributed by atoms with Gasteiger partial charge in [-0.05, 0) is 18.8 Å². The fraction of sp³-hybridized carbons (Fsp3) is 0.545. The number of nitrogens with one attached hydrogen (secondary N) is 1. The first kappa shape index (κ1) is 13.6. The van der Waals surface area contributed by atoms with Crippen molar-refractivity contribution >= 4 is 28.5 Å². The molecule has 1 aliphatic heterocycles. The number of likely N-dealkylation sites (tertiary alicyclic amines) is 1. The largest absolute Gasteiger partial charge is 0.465 e. The second-order valence-electron chi connectivity index (χ2n) is 4.49. The maximum absolute atomic E-state index is 11.8. The summed E-state index contributed by atoms with van der Waals surface area (Å²) in [4.78, 5) is 28.3. The lowest BCUT2D eigenvalue weighted by Gasteiger charge is -2.29. The number of piperidine rings is 1. The van der Waals surface area contributed by atoms with Crippen LogP contribution in [-0.2, 0) is 0 Å². The lowest BCUT2D eigenvalue weighted by Crippen LogP contribution is -2.40. The number of nitrogens with two attached hydrogens (primary N) is 1. The summed E-state index contributed by atoms with van der Waals surface area (Å²) in [7, 11) is 0. The average molecular weight is 284 g/mol. The molecule has 0 aliphatic carbocycles. The molecule has 4 N–H and O–H groups in total. The summed E-state index contributed by atoms with van der Waals surface area (Å²) in [6.45, 7) is 1.62. The van der Waals surface area contributed by atoms with Crippen molar-refractivity contribution in [2.45, 2.75) is 12.8 Å². The van der Waals surface area contributed by atoms with Gasteiger partial charge in [-0.25, -0.2) is 9.78 Å². The van der Waals surface area contributed by atoms with Crippen molar-refractivity contribution in [1.29, 1.82) is 0 Å². The van der Waals surface area contributed by atoms with Crippen LogP contribution in [0.2, 0.25) is 0 Å². The van der Waals surface area contributed by atoms with Crippen LogP contribution in [0, 0.1) is 5.92 Å². The highest BCUT2D eigenvalue weighted by molar-refractivity contribution is 7.17. The molecule has 1 fully saturated rings. The number of carboxylic acid groups (broad SMARTS) is 1. The van der Waals surface area contributed by atoms with E-state index in [1.54, 1.807) is 0 Å². The summed E-state index contributed by atoms with van der Waals surface area (Å²) in [5, 5.41) is 12.0. The highest BCUT2D eigenvalue weighted by Crippen LogP contribution is 2.17. The van der Waals surface area contributed by atoms with Gasteiger partial charge in [0.25, 0.3) is 5.91 Å². The van der Waals surface area contributed by atoms with Crippen molar-refractivity contribution in [2.75, 3.05) is 25.4 Å². The quantitative estimate of drug-likeness (QED) is 0.762. The maximum Gasteiger partial charge on any atom is 0.407 e. The Bertz CT molecular complexity index is 468. The predicted octanol–water partition coefficient (Wildman–Crippen LogP) is 0.845. The molecule has 8 heteroatoms. The summed E-state index contributed by atoms with van der Waals surface area (Å²) in [5.74, 6) is 0.152. The molecule has 1 saturated heterocycles. The lowest BCUT2D eigenvalue weighted by molar-refractivity contribution is 0.0932. The molecule has 0 radical (unpaired) electrons. The number of thiazole rings is 1. The smallest absolute Gasteiger partial charge is 0.407 e. The minimum atomic E-state index is -0.873. The van der Waals surface area contributed by atoms with Gasteiger partial charge in [0.05, 0.1) is 6.20 Å². The minimum Gasteiger partial charge on any atom is -0.465 e. The van der Waals surface area contributed by atoms with Gasteiger partial charge in [0, 0.05) is 19.6 Å². The fourth-order valence-electron chi connectivity index (χ4n) is 2.05. The van der Waals surface area contributed by atoms with E-state index < -0.39 is 6.09 Å². The van der Waals surface area contributed by atoms with Gasteiger partial charge in [-0.2, -0.15) is 0 Å². The minimum absolute atomic E-state index is 0.171. The number of rotatable bonds is 3. The zero-order chi connectivity index (χ0) is 13.8. The number of nitrogens with zero attached hydrogens (tertiary/aromatic N) is 2. The monoisotopic (exact) mass is 284 g/mol. The number of aromatic nitrogens is 1. The Morgan fingerprint density at radius 2 is 2.21 bits per heavy atom. The van der Waals surface area contributed by atoms with Crippen LogP contribution in [0.3, 0.4) is 0 Å². The molecule has 2 heterocycles. The third-order valence-corrected chi connectivity index (χ3v) is 4.01. The standard InChI is InChI=1S/C11H16N4O3S/c12-10-14-6-8(19-10)9(16)13-5-7-1-3-15(4-2-7)11(17)18/h6-7H,1-5H2,(H2,12,14)(H,13,16)(H,17,18). The number of nitrogen functional groups attached to an aromatic ring is 1. The first-order valence-corrected chi connectivity index (χ1v) is 6.85. The van der Waals surface area contributed by atoms with E-state index in [1.165, 1.54) is 11.1 Å². The van der Waals surface area contributed by atoms with Crippen LogP contribution in [0.5, 0.6) is 0 Å². The molecule has 2 amide bonds. The molecule has 0 aromatic carbocycles. The highest BCUT2D eigenvalue weighted by atomic mass is 32.1. The number of carbonyl (C=O) groups excluding carboxylic acids is 1. The van der Waals surface area contributed by atoms with Crippen LogP contribution in [0.1, 0.15) is 22.5 Å². The average Bonchev–Trinajstić information content (AvgIpc) is 2.83. The Labute approximate surface area is 114 Å². The van der Waals surface area contributed by atoms with Gasteiger partial charge in [0.15, 0.2) is 5.13 Å². The summed E-state index contributed by atoms with van der Waals surface area (Å²) in [6.07, 6.45) is 2.14. The van der Waals surface area contributed by atoms with Crippen LogP contribution < -0.4 is 11.1 Å². The van der Waals surface area contributed by atoms with Gasteiger partial charge in [0.1, 0.15) is 4.88 Å². The zero-order valence-corrected chi connectivity index (χ0v) is 11.2. The van der Waals surface area contributed by atoms with Crippen molar-refractivity contribution in [2.24, 2.45) is 5.92 Å². The Hall–Kier alpha value is -1.83. The molecule has 2 rings (SSSR count). The van der Waals surface area contributed by atoms with E-state index in [-0.39, 0.29) is 5.91 Å². The van der Waals surface area contributed by atoms with Gasteiger partial charge in [0.2, 0.25) is 0 Å². The third kappa shape index (κ3) is 3.57. The van der Waals surface area contributed by atoms with E-state index in [0.29, 0.717) is 35.6 Å². The number of amides is 2. The summed E-state index contributed by atoms with van der Waals surface area (Å²) in [5.41, 5.74) is 5.47. The first-order chi connectivity index (χ1) is 9.06. The molecule has 1 aromatic heterocycles. The molecule has 0 saturated carbocycles. The topological polar surface area (TPSA) is 109 Å². The van der Waals surface area contributed by atoms with Crippen molar-refractivity contribution in [3.63, 3.8) is 0 Å². The molecular formula is C11H16N4O3S. The van der Waals surface area contributed by atoms with E-state index >= 15 is 0 Å². The second kappa shape index (κ2) is 5.87. The number of carbonyl (C=O) groups is 2. The summed E-state index contributed by atoms with van der Waals surface area (Å²) in [6, 6.07) is 0. The van der Waals surface area contributed by atoms with Crippen molar-refractivity contribution in [3.05, 3.63) is 11.1 Å². The van der Waals surface area contributed by atoms with Crippen molar-refractivity contribution in [3.8, 4) is 0 Å². The Morgan fingerprint density at radius 1 is 1.53 bits per heavy atom. The summed E-state index contributed by atoms with van der Waals surface area (Å²) < 4.78 is 0. The Kier molecular flexibility index (Phi) is 4.20. The Balaban J connectivity index is 1.75. The normalized spacial score (nSPS) is 16.3. The van der Waals surface area contributed by atoms with E-state index in [9.17, 15) is 9.59 Å². The number of anilines is 1. The molecule has 1 aromatic rings. The predicted molar refractivity (Wildman–Crippen MR) is 71.2 cm³/mol. The second-order valence-corrected chi connectivity index (χ2v) is 5.55. The number of hydrogen-bond donors (Lipinski definition) is 3. The van der Waals surface area contributed by atoms with Crippen LogP contribution >= 0.6 is 11.3 Å². The van der Waals surface area contributed by atoms with E-state index in [1.807, 2.05) is 0 Å². The molecule has 1 aliphatic rings. The Morgan fingerprint density at radius 3 is 2.74 bits per heavy atom. The molecule has 19 heavy (non-hydrogen) atoms. The van der Waals surface area contributed by atoms with Gasteiger partial charge < -0.3 is 21.1 Å². The SMILES string of the molecule is Nc1ncc(C(=O)NCC2CCN(C(=O)O)CC2)s1. The van der Waals surface area contributed by atoms with E-state index in [4.69, 9.17) is 10.8 Å². The third-order valence-electron chi connectivity index (χ3n) is 3.18. The zero-order valence-electron chi connectivity index (χ0n) is 10.3. The fourth-order valence-corrected chi connectivity index (χ4v) is 2.65. The summed E-state index contributed by atoms with van der Waals surface area (Å²) >= 11 is 1.16. The van der Waals surface area contributed by atoms with Crippen molar-refractivity contribution in [1.82, 2.24) is 15.2 Å². The number of hydrogen-bond acceptors (Lipinski definition) is 5. The molecule has 7 nitrogen and oxygen atoms in total. The van der Waals surface area contributed by atoms with Gasteiger partial charge in [-0.3, -0.25) is 4.79 Å².